The second kappa shape index (κ2) is 4.70. The van der Waals surface area contributed by atoms with Crippen LogP contribution in [0.15, 0.2) is 48.5 Å². The predicted octanol–water partition coefficient (Wildman–Crippen LogP) is 2.42. The number of rotatable bonds is 2. The van der Waals surface area contributed by atoms with E-state index in [9.17, 15) is 14.7 Å². The van der Waals surface area contributed by atoms with Crippen molar-refractivity contribution in [1.29, 1.82) is 0 Å². The Balaban J connectivity index is 1.85. The Labute approximate surface area is 114 Å². The number of carbonyl (C=O) groups is 2. The van der Waals surface area contributed by atoms with Crippen LogP contribution in [0.5, 0.6) is 5.75 Å². The highest BCUT2D eigenvalue weighted by molar-refractivity contribution is 5.95. The van der Waals surface area contributed by atoms with Gasteiger partial charge >= 0.3 is 11.9 Å². The number of phenols is 1. The summed E-state index contributed by atoms with van der Waals surface area (Å²) in [4.78, 5) is 23.6. The molecule has 0 spiro atoms. The van der Waals surface area contributed by atoms with Crippen LogP contribution in [0.4, 0.5) is 0 Å². The number of hydrogen-bond donors (Lipinski definition) is 1. The van der Waals surface area contributed by atoms with Crippen molar-refractivity contribution in [2.45, 2.75) is 6.29 Å². The summed E-state index contributed by atoms with van der Waals surface area (Å²) in [5.41, 5.74) is 0.900. The summed E-state index contributed by atoms with van der Waals surface area (Å²) in [5.74, 6) is -1.47. The zero-order valence-electron chi connectivity index (χ0n) is 10.3. The molecule has 0 saturated heterocycles. The average molecular weight is 270 g/mol. The van der Waals surface area contributed by atoms with Crippen LogP contribution in [-0.2, 0) is 9.47 Å². The van der Waals surface area contributed by atoms with Crippen molar-refractivity contribution in [3.63, 3.8) is 0 Å². The maximum absolute atomic E-state index is 12.0. The fourth-order valence-corrected chi connectivity index (χ4v) is 2.01. The molecule has 0 amide bonds. The van der Waals surface area contributed by atoms with E-state index in [-0.39, 0.29) is 11.3 Å². The number of aromatic hydroxyl groups is 1. The Hall–Kier alpha value is -2.82. The molecule has 2 aromatic carbocycles. The van der Waals surface area contributed by atoms with Crippen LogP contribution in [0.25, 0.3) is 0 Å². The molecule has 0 aromatic heterocycles. The maximum atomic E-state index is 12.0. The van der Waals surface area contributed by atoms with Gasteiger partial charge in [-0.25, -0.2) is 9.59 Å². The van der Waals surface area contributed by atoms with Gasteiger partial charge in [0.25, 0.3) is 6.29 Å². The van der Waals surface area contributed by atoms with Crippen molar-refractivity contribution >= 4 is 11.9 Å². The number of carbonyl (C=O) groups excluding carboxylic acids is 2. The van der Waals surface area contributed by atoms with Gasteiger partial charge < -0.3 is 14.6 Å². The minimum Gasteiger partial charge on any atom is -0.507 e. The molecule has 0 aliphatic carbocycles. The third kappa shape index (κ3) is 1.99. The van der Waals surface area contributed by atoms with E-state index in [0.717, 1.165) is 0 Å². The van der Waals surface area contributed by atoms with E-state index >= 15 is 0 Å². The van der Waals surface area contributed by atoms with E-state index in [1.54, 1.807) is 36.4 Å². The normalized spacial score (nSPS) is 16.4. The van der Waals surface area contributed by atoms with Gasteiger partial charge in [-0.1, -0.05) is 30.3 Å². The van der Waals surface area contributed by atoms with Gasteiger partial charge in [0.1, 0.15) is 11.3 Å². The summed E-state index contributed by atoms with van der Waals surface area (Å²) < 4.78 is 10.1. The highest BCUT2D eigenvalue weighted by atomic mass is 16.7. The summed E-state index contributed by atoms with van der Waals surface area (Å²) in [6, 6.07) is 12.7. The zero-order valence-corrected chi connectivity index (χ0v) is 10.3. The number of fused-ring (bicyclic) bond motifs is 1. The van der Waals surface area contributed by atoms with Gasteiger partial charge in [0, 0.05) is 5.56 Å². The number of cyclic esters (lactones) is 1. The fourth-order valence-electron chi connectivity index (χ4n) is 2.01. The van der Waals surface area contributed by atoms with E-state index in [2.05, 4.69) is 0 Å². The summed E-state index contributed by atoms with van der Waals surface area (Å²) >= 11 is 0. The lowest BCUT2D eigenvalue weighted by atomic mass is 10.1. The molecule has 3 rings (SSSR count). The zero-order chi connectivity index (χ0) is 14.1. The minimum absolute atomic E-state index is 0.0212. The van der Waals surface area contributed by atoms with E-state index in [1.807, 2.05) is 0 Å². The third-order valence-electron chi connectivity index (χ3n) is 2.99. The van der Waals surface area contributed by atoms with Crippen molar-refractivity contribution in [2.75, 3.05) is 0 Å². The van der Waals surface area contributed by atoms with E-state index in [4.69, 9.17) is 9.47 Å². The number of hydrogen-bond acceptors (Lipinski definition) is 5. The molecule has 0 bridgehead atoms. The number of phenolic OH excluding ortho intramolecular Hbond substituents is 1. The Morgan fingerprint density at radius 3 is 2.60 bits per heavy atom. The molecule has 5 nitrogen and oxygen atoms in total. The first-order chi connectivity index (χ1) is 9.66. The first-order valence-corrected chi connectivity index (χ1v) is 5.95. The van der Waals surface area contributed by atoms with E-state index in [1.165, 1.54) is 12.1 Å². The molecule has 0 fully saturated rings. The Morgan fingerprint density at radius 1 is 1.10 bits per heavy atom. The Bertz CT molecular complexity index is 692. The molecule has 0 saturated carbocycles. The first-order valence-electron chi connectivity index (χ1n) is 5.95. The molecule has 0 radical (unpaired) electrons. The molecule has 1 N–H and O–H groups in total. The monoisotopic (exact) mass is 270 g/mol. The van der Waals surface area contributed by atoms with Crippen LogP contribution < -0.4 is 0 Å². The SMILES string of the molecule is O=C(OC1OC(=O)c2ccccc21)c1ccccc1O. The number of esters is 2. The maximum Gasteiger partial charge on any atom is 0.345 e. The highest BCUT2D eigenvalue weighted by Crippen LogP contribution is 2.32. The summed E-state index contributed by atoms with van der Waals surface area (Å²) in [6.07, 6.45) is -1.08. The van der Waals surface area contributed by atoms with Gasteiger partial charge in [-0.2, -0.15) is 0 Å². The lowest BCUT2D eigenvalue weighted by Crippen LogP contribution is -2.11. The van der Waals surface area contributed by atoms with Crippen molar-refractivity contribution in [2.24, 2.45) is 0 Å². The van der Waals surface area contributed by atoms with E-state index in [0.29, 0.717) is 11.1 Å². The molecule has 1 aliphatic rings. The van der Waals surface area contributed by atoms with Gasteiger partial charge in [0.05, 0.1) is 5.56 Å². The van der Waals surface area contributed by atoms with Gasteiger partial charge in [-0.3, -0.25) is 0 Å². The van der Waals surface area contributed by atoms with Crippen LogP contribution in [0.2, 0.25) is 0 Å². The largest absolute Gasteiger partial charge is 0.507 e. The number of benzene rings is 2. The molecule has 1 atom stereocenters. The van der Waals surface area contributed by atoms with Crippen molar-refractivity contribution < 1.29 is 24.2 Å². The van der Waals surface area contributed by atoms with Gasteiger partial charge in [0.15, 0.2) is 0 Å². The molecule has 20 heavy (non-hydrogen) atoms. The number of para-hydroxylation sites is 1. The molecule has 5 heteroatoms. The fraction of sp³-hybridized carbons (Fsp3) is 0.0667. The molecule has 1 unspecified atom stereocenters. The first kappa shape index (κ1) is 12.2. The van der Waals surface area contributed by atoms with Crippen LogP contribution in [0.3, 0.4) is 0 Å². The highest BCUT2D eigenvalue weighted by Gasteiger charge is 2.33. The summed E-state index contributed by atoms with van der Waals surface area (Å²) in [6.45, 7) is 0. The second-order valence-electron chi connectivity index (χ2n) is 4.25. The van der Waals surface area contributed by atoms with Gasteiger partial charge in [0.2, 0.25) is 0 Å². The second-order valence-corrected chi connectivity index (χ2v) is 4.25. The van der Waals surface area contributed by atoms with Crippen LogP contribution in [0.1, 0.15) is 32.6 Å². The van der Waals surface area contributed by atoms with E-state index < -0.39 is 18.2 Å². The van der Waals surface area contributed by atoms with Crippen LogP contribution in [0, 0.1) is 0 Å². The Morgan fingerprint density at radius 2 is 1.80 bits per heavy atom. The summed E-state index contributed by atoms with van der Waals surface area (Å²) in [7, 11) is 0. The predicted molar refractivity (Wildman–Crippen MR) is 68.1 cm³/mol. The summed E-state index contributed by atoms with van der Waals surface area (Å²) in [5, 5.41) is 9.59. The lowest BCUT2D eigenvalue weighted by molar-refractivity contribution is -0.0725. The van der Waals surface area contributed by atoms with Crippen LogP contribution >= 0.6 is 0 Å². The van der Waals surface area contributed by atoms with Crippen molar-refractivity contribution in [1.82, 2.24) is 0 Å². The average Bonchev–Trinajstić information content (AvgIpc) is 2.76. The lowest BCUT2D eigenvalue weighted by Gasteiger charge is -2.12. The van der Waals surface area contributed by atoms with Crippen molar-refractivity contribution in [3.8, 4) is 5.75 Å². The van der Waals surface area contributed by atoms with Gasteiger partial charge in [-0.05, 0) is 18.2 Å². The standard InChI is InChI=1S/C15H10O5/c16-12-8-4-3-7-11(12)14(18)20-15-10-6-2-1-5-9(10)13(17)19-15/h1-8,15-16H. The Kier molecular flexibility index (Phi) is 2.87. The van der Waals surface area contributed by atoms with Crippen LogP contribution in [-0.4, -0.2) is 17.0 Å². The number of ether oxygens (including phenoxy) is 2. The molecule has 100 valence electrons. The molecular weight excluding hydrogens is 260 g/mol. The molecule has 2 aromatic rings. The molecular formula is C15H10O5. The molecule has 1 aliphatic heterocycles. The minimum atomic E-state index is -1.08. The quantitative estimate of drug-likeness (QED) is 0.848. The topological polar surface area (TPSA) is 72.8 Å². The third-order valence-corrected chi connectivity index (χ3v) is 2.99. The smallest absolute Gasteiger partial charge is 0.345 e. The van der Waals surface area contributed by atoms with Gasteiger partial charge in [-0.15, -0.1) is 0 Å². The molecule has 1 heterocycles. The van der Waals surface area contributed by atoms with Crippen molar-refractivity contribution in [3.05, 3.63) is 65.2 Å².